The maximum Gasteiger partial charge on any atom is 0.255 e. The van der Waals surface area contributed by atoms with E-state index in [-0.39, 0.29) is 11.9 Å². The molecular formula is C12H19N3O. The molecule has 1 atom stereocenters. The van der Waals surface area contributed by atoms with Gasteiger partial charge in [-0.3, -0.25) is 14.9 Å². The molecule has 4 nitrogen and oxygen atoms in total. The summed E-state index contributed by atoms with van der Waals surface area (Å²) < 4.78 is 1.85. The van der Waals surface area contributed by atoms with Crippen LogP contribution >= 0.6 is 0 Å². The van der Waals surface area contributed by atoms with Crippen molar-refractivity contribution < 1.29 is 4.79 Å². The lowest BCUT2D eigenvalue weighted by molar-refractivity contribution is -0.119. The topological polar surface area (TPSA) is 46.1 Å². The van der Waals surface area contributed by atoms with Gasteiger partial charge < -0.3 is 5.32 Å². The van der Waals surface area contributed by atoms with Crippen molar-refractivity contribution in [3.8, 4) is 0 Å². The average molecular weight is 221 g/mol. The second kappa shape index (κ2) is 4.70. The number of amides is 1. The van der Waals surface area contributed by atoms with Crippen LogP contribution < -0.4 is 10.7 Å². The van der Waals surface area contributed by atoms with E-state index in [9.17, 15) is 4.79 Å². The van der Waals surface area contributed by atoms with Crippen molar-refractivity contribution >= 4 is 5.91 Å². The molecule has 2 N–H and O–H groups in total. The third-order valence-electron chi connectivity index (χ3n) is 3.12. The van der Waals surface area contributed by atoms with Crippen LogP contribution in [0.4, 0.5) is 0 Å². The van der Waals surface area contributed by atoms with Gasteiger partial charge in [-0.05, 0) is 45.4 Å². The maximum absolute atomic E-state index is 12.0. The number of aryl methyl sites for hydroxylation is 2. The summed E-state index contributed by atoms with van der Waals surface area (Å²) in [5.74, 6) is 0.0714. The standard InChI is InChI=1S/C12H19N3O/c1-9-6-7-10(2)15(9)14-12(16)11-5-3-4-8-13-11/h6-7,11,13H,3-5,8H2,1-2H3,(H,14,16). The van der Waals surface area contributed by atoms with E-state index in [1.165, 1.54) is 6.42 Å². The Morgan fingerprint density at radius 2 is 2.06 bits per heavy atom. The number of rotatable bonds is 2. The molecule has 1 saturated heterocycles. The van der Waals surface area contributed by atoms with Crippen molar-refractivity contribution in [2.45, 2.75) is 39.2 Å². The van der Waals surface area contributed by atoms with Crippen molar-refractivity contribution in [2.75, 3.05) is 12.0 Å². The first-order chi connectivity index (χ1) is 7.68. The lowest BCUT2D eigenvalue weighted by Crippen LogP contribution is -2.45. The van der Waals surface area contributed by atoms with E-state index in [2.05, 4.69) is 10.7 Å². The fraction of sp³-hybridized carbons (Fsp3) is 0.583. The molecule has 2 rings (SSSR count). The molecule has 0 saturated carbocycles. The van der Waals surface area contributed by atoms with Gasteiger partial charge in [0.25, 0.3) is 5.91 Å². The Morgan fingerprint density at radius 3 is 2.62 bits per heavy atom. The molecule has 4 heteroatoms. The van der Waals surface area contributed by atoms with Crippen molar-refractivity contribution in [3.63, 3.8) is 0 Å². The van der Waals surface area contributed by atoms with Crippen LogP contribution in [0.1, 0.15) is 30.7 Å². The highest BCUT2D eigenvalue weighted by molar-refractivity contribution is 5.89. The molecule has 1 aromatic rings. The Labute approximate surface area is 96.0 Å². The van der Waals surface area contributed by atoms with Gasteiger partial charge in [0.1, 0.15) is 0 Å². The molecule has 0 bridgehead atoms. The van der Waals surface area contributed by atoms with Crippen LogP contribution in [0.3, 0.4) is 0 Å². The van der Waals surface area contributed by atoms with Crippen LogP contribution in [0.2, 0.25) is 0 Å². The quantitative estimate of drug-likeness (QED) is 0.791. The number of nitrogens with one attached hydrogen (secondary N) is 2. The van der Waals surface area contributed by atoms with Gasteiger partial charge in [0.2, 0.25) is 0 Å². The molecule has 1 amide bonds. The van der Waals surface area contributed by atoms with E-state index in [0.29, 0.717) is 0 Å². The van der Waals surface area contributed by atoms with Gasteiger partial charge in [0.15, 0.2) is 0 Å². The minimum absolute atomic E-state index is 0.0325. The molecule has 16 heavy (non-hydrogen) atoms. The monoisotopic (exact) mass is 221 g/mol. The molecule has 1 fully saturated rings. The second-order valence-electron chi connectivity index (χ2n) is 4.43. The predicted octanol–water partition coefficient (Wildman–Crippen LogP) is 1.32. The summed E-state index contributed by atoms with van der Waals surface area (Å²) >= 11 is 0. The number of carbonyl (C=O) groups excluding carboxylic acids is 1. The average Bonchev–Trinajstić information content (AvgIpc) is 2.62. The highest BCUT2D eigenvalue weighted by Gasteiger charge is 2.20. The smallest absolute Gasteiger partial charge is 0.255 e. The van der Waals surface area contributed by atoms with Crippen molar-refractivity contribution in [1.29, 1.82) is 0 Å². The molecule has 88 valence electrons. The molecule has 2 heterocycles. The van der Waals surface area contributed by atoms with Gasteiger partial charge in [-0.2, -0.15) is 0 Å². The van der Waals surface area contributed by atoms with E-state index >= 15 is 0 Å². The highest BCUT2D eigenvalue weighted by atomic mass is 16.2. The van der Waals surface area contributed by atoms with Gasteiger partial charge in [0.05, 0.1) is 6.04 Å². The number of hydrogen-bond donors (Lipinski definition) is 2. The van der Waals surface area contributed by atoms with Crippen molar-refractivity contribution in [1.82, 2.24) is 9.99 Å². The largest absolute Gasteiger partial charge is 0.306 e. The first-order valence-electron chi connectivity index (χ1n) is 5.87. The van der Waals surface area contributed by atoms with Gasteiger partial charge in [-0.25, -0.2) is 0 Å². The zero-order valence-electron chi connectivity index (χ0n) is 9.92. The molecule has 0 spiro atoms. The zero-order valence-corrected chi connectivity index (χ0v) is 9.92. The van der Waals surface area contributed by atoms with Crippen LogP contribution in [0.5, 0.6) is 0 Å². The Hall–Kier alpha value is -1.29. The predicted molar refractivity (Wildman–Crippen MR) is 63.9 cm³/mol. The third kappa shape index (κ3) is 2.27. The molecule has 1 aromatic heterocycles. The van der Waals surface area contributed by atoms with E-state index in [1.807, 2.05) is 30.7 Å². The molecule has 0 radical (unpaired) electrons. The minimum atomic E-state index is -0.0325. The van der Waals surface area contributed by atoms with Crippen LogP contribution in [0, 0.1) is 13.8 Å². The Balaban J connectivity index is 2.01. The second-order valence-corrected chi connectivity index (χ2v) is 4.43. The normalized spacial score (nSPS) is 20.8. The molecule has 1 aliphatic heterocycles. The number of carbonyl (C=O) groups is 1. The molecule has 1 unspecified atom stereocenters. The van der Waals surface area contributed by atoms with Gasteiger partial charge in [-0.15, -0.1) is 0 Å². The summed E-state index contributed by atoms with van der Waals surface area (Å²) in [6.07, 6.45) is 3.24. The number of hydrogen-bond acceptors (Lipinski definition) is 2. The number of piperidine rings is 1. The minimum Gasteiger partial charge on any atom is -0.306 e. The number of nitrogens with zero attached hydrogens (tertiary/aromatic N) is 1. The zero-order chi connectivity index (χ0) is 11.5. The van der Waals surface area contributed by atoms with Crippen LogP contribution in [-0.2, 0) is 4.79 Å². The Morgan fingerprint density at radius 1 is 1.38 bits per heavy atom. The molecule has 0 aliphatic carbocycles. The maximum atomic E-state index is 12.0. The summed E-state index contributed by atoms with van der Waals surface area (Å²) in [5, 5.41) is 3.24. The fourth-order valence-corrected chi connectivity index (χ4v) is 2.11. The fourth-order valence-electron chi connectivity index (χ4n) is 2.11. The summed E-state index contributed by atoms with van der Waals surface area (Å²) in [7, 11) is 0. The lowest BCUT2D eigenvalue weighted by atomic mass is 10.0. The summed E-state index contributed by atoms with van der Waals surface area (Å²) in [6, 6.07) is 3.98. The number of aromatic nitrogens is 1. The molecule has 0 aromatic carbocycles. The van der Waals surface area contributed by atoms with Gasteiger partial charge >= 0.3 is 0 Å². The highest BCUT2D eigenvalue weighted by Crippen LogP contribution is 2.09. The summed E-state index contributed by atoms with van der Waals surface area (Å²) in [5.41, 5.74) is 5.06. The van der Waals surface area contributed by atoms with Crippen molar-refractivity contribution in [2.24, 2.45) is 0 Å². The third-order valence-corrected chi connectivity index (χ3v) is 3.12. The van der Waals surface area contributed by atoms with Crippen molar-refractivity contribution in [3.05, 3.63) is 23.5 Å². The van der Waals surface area contributed by atoms with E-state index in [0.717, 1.165) is 30.8 Å². The van der Waals surface area contributed by atoms with Crippen LogP contribution in [-0.4, -0.2) is 23.2 Å². The van der Waals surface area contributed by atoms with E-state index in [1.54, 1.807) is 0 Å². The SMILES string of the molecule is Cc1ccc(C)n1NC(=O)C1CCCCN1. The van der Waals surface area contributed by atoms with Gasteiger partial charge in [-0.1, -0.05) is 6.42 Å². The molecular weight excluding hydrogens is 202 g/mol. The lowest BCUT2D eigenvalue weighted by Gasteiger charge is -2.23. The first-order valence-corrected chi connectivity index (χ1v) is 5.87. The molecule has 1 aliphatic rings. The van der Waals surface area contributed by atoms with Crippen LogP contribution in [0.15, 0.2) is 12.1 Å². The van der Waals surface area contributed by atoms with E-state index in [4.69, 9.17) is 0 Å². The van der Waals surface area contributed by atoms with Gasteiger partial charge in [0, 0.05) is 11.4 Å². The Kier molecular flexibility index (Phi) is 3.29. The Bertz CT molecular complexity index is 358. The van der Waals surface area contributed by atoms with E-state index < -0.39 is 0 Å². The van der Waals surface area contributed by atoms with Crippen LogP contribution in [0.25, 0.3) is 0 Å². The first kappa shape index (κ1) is 11.2. The summed E-state index contributed by atoms with van der Waals surface area (Å²) in [4.78, 5) is 12.0. The summed E-state index contributed by atoms with van der Waals surface area (Å²) in [6.45, 7) is 4.92.